The van der Waals surface area contributed by atoms with Gasteiger partial charge in [0, 0.05) is 6.42 Å². The molecule has 1 aromatic rings. The van der Waals surface area contributed by atoms with Crippen molar-refractivity contribution in [3.8, 4) is 0 Å². The molecule has 76 valence electrons. The number of rotatable bonds is 0. The van der Waals surface area contributed by atoms with Crippen LogP contribution in [0.3, 0.4) is 0 Å². The van der Waals surface area contributed by atoms with Gasteiger partial charge < -0.3 is 0 Å². The molecular weight excluding hydrogens is 196 g/mol. The van der Waals surface area contributed by atoms with Gasteiger partial charge in [0.2, 0.25) is 0 Å². The van der Waals surface area contributed by atoms with E-state index in [1.54, 1.807) is 0 Å². The van der Waals surface area contributed by atoms with Gasteiger partial charge in [-0.3, -0.25) is 4.79 Å². The first kappa shape index (κ1) is 8.28. The molecule has 5 rings (SSSR count). The Morgan fingerprint density at radius 1 is 0.938 bits per heavy atom. The van der Waals surface area contributed by atoms with Crippen LogP contribution in [0.1, 0.15) is 11.1 Å². The minimum atomic E-state index is -0.453. The van der Waals surface area contributed by atoms with Crippen LogP contribution < -0.4 is 0 Å². The average Bonchev–Trinajstić information content (AvgIpc) is 2.76. The molecule has 0 N–H and O–H groups in total. The van der Waals surface area contributed by atoms with E-state index < -0.39 is 5.41 Å². The highest BCUT2D eigenvalue weighted by Gasteiger charge is 2.50. The molecule has 16 heavy (non-hydrogen) atoms. The lowest BCUT2D eigenvalue weighted by Crippen LogP contribution is -2.35. The molecular formula is C15H10O. The van der Waals surface area contributed by atoms with Crippen LogP contribution in [0.15, 0.2) is 59.7 Å². The van der Waals surface area contributed by atoms with Gasteiger partial charge in [0.1, 0.15) is 5.41 Å². The van der Waals surface area contributed by atoms with Crippen molar-refractivity contribution in [1.29, 1.82) is 0 Å². The summed E-state index contributed by atoms with van der Waals surface area (Å²) in [5, 5.41) is 0. The standard InChI is InChI=1S/C15H10O/c16-14-9-10-1-3-11(4-2-10)15(14)12-5-6-13(15)8-7-12/h1-8H,9H2. The SMILES string of the molecule is O=C1Cc2ccc(cc2)C12C1=CC=C2C=C1. The summed E-state index contributed by atoms with van der Waals surface area (Å²) in [7, 11) is 0. The first-order chi connectivity index (χ1) is 7.81. The summed E-state index contributed by atoms with van der Waals surface area (Å²) in [5.74, 6) is 0.313. The second-order valence-corrected chi connectivity index (χ2v) is 4.62. The molecule has 1 spiro atoms. The van der Waals surface area contributed by atoms with Crippen LogP contribution in [-0.2, 0) is 16.6 Å². The fraction of sp³-hybridized carbons (Fsp3) is 0.133. The van der Waals surface area contributed by atoms with Crippen molar-refractivity contribution in [2.75, 3.05) is 0 Å². The number of allylic oxidation sites excluding steroid dienone is 6. The third kappa shape index (κ3) is 0.703. The second kappa shape index (κ2) is 2.43. The van der Waals surface area contributed by atoms with Crippen LogP contribution in [0.4, 0.5) is 0 Å². The molecule has 0 saturated heterocycles. The first-order valence-electron chi connectivity index (χ1n) is 5.55. The lowest BCUT2D eigenvalue weighted by atomic mass is 9.72. The Bertz CT molecular complexity index is 575. The van der Waals surface area contributed by atoms with E-state index in [9.17, 15) is 4.79 Å². The largest absolute Gasteiger partial charge is 0.298 e. The highest BCUT2D eigenvalue weighted by molar-refractivity contribution is 6.03. The second-order valence-electron chi connectivity index (χ2n) is 4.62. The summed E-state index contributed by atoms with van der Waals surface area (Å²) in [6, 6.07) is 8.34. The van der Waals surface area contributed by atoms with Crippen LogP contribution in [0.5, 0.6) is 0 Å². The van der Waals surface area contributed by atoms with Crippen molar-refractivity contribution in [3.05, 3.63) is 70.8 Å². The number of fused-ring (bicyclic) bond motifs is 3. The molecule has 1 nitrogen and oxygen atoms in total. The highest BCUT2D eigenvalue weighted by atomic mass is 16.1. The maximum Gasteiger partial charge on any atom is 0.156 e. The third-order valence-electron chi connectivity index (χ3n) is 3.92. The van der Waals surface area contributed by atoms with Crippen LogP contribution in [0.2, 0.25) is 0 Å². The number of benzene rings is 1. The minimum Gasteiger partial charge on any atom is -0.298 e. The molecule has 4 bridgehead atoms. The molecule has 0 unspecified atom stereocenters. The Balaban J connectivity index is 2.08. The van der Waals surface area contributed by atoms with Gasteiger partial charge in [-0.15, -0.1) is 0 Å². The van der Waals surface area contributed by atoms with Crippen LogP contribution in [-0.4, -0.2) is 5.78 Å². The zero-order chi connectivity index (χ0) is 10.8. The quantitative estimate of drug-likeness (QED) is 0.637. The topological polar surface area (TPSA) is 17.1 Å². The number of hydrogen-bond acceptors (Lipinski definition) is 1. The molecule has 0 radical (unpaired) electrons. The molecule has 0 saturated carbocycles. The van der Waals surface area contributed by atoms with Gasteiger partial charge in [-0.05, 0) is 22.3 Å². The monoisotopic (exact) mass is 206 g/mol. The lowest BCUT2D eigenvalue weighted by molar-refractivity contribution is -0.121. The van der Waals surface area contributed by atoms with E-state index in [1.807, 2.05) is 0 Å². The maximum atomic E-state index is 12.5. The predicted octanol–water partition coefficient (Wildman–Crippen LogP) is 2.49. The smallest absolute Gasteiger partial charge is 0.156 e. The highest BCUT2D eigenvalue weighted by Crippen LogP contribution is 2.51. The summed E-state index contributed by atoms with van der Waals surface area (Å²) in [4.78, 5) is 12.5. The normalized spacial score (nSPS) is 22.6. The maximum absolute atomic E-state index is 12.5. The number of hydrogen-bond donors (Lipinski definition) is 0. The first-order valence-corrected chi connectivity index (χ1v) is 5.55. The predicted molar refractivity (Wildman–Crippen MR) is 62.1 cm³/mol. The number of carbonyl (C=O) groups is 1. The molecule has 1 heteroatoms. The van der Waals surface area contributed by atoms with Gasteiger partial charge in [0.25, 0.3) is 0 Å². The van der Waals surface area contributed by atoms with E-state index in [0.29, 0.717) is 12.2 Å². The van der Waals surface area contributed by atoms with Gasteiger partial charge in [0.05, 0.1) is 0 Å². The molecule has 4 aliphatic carbocycles. The van der Waals surface area contributed by atoms with Gasteiger partial charge in [-0.25, -0.2) is 0 Å². The summed E-state index contributed by atoms with van der Waals surface area (Å²) in [6.07, 6.45) is 8.85. The molecule has 1 aromatic carbocycles. The molecule has 0 heterocycles. The number of Topliss-reactive ketones (excluding diaryl/α,β-unsaturated/α-hetero) is 1. The number of carbonyl (C=O) groups excluding carboxylic acids is 1. The Hall–Kier alpha value is -1.89. The summed E-state index contributed by atoms with van der Waals surface area (Å²) in [5.41, 5.74) is 4.07. The summed E-state index contributed by atoms with van der Waals surface area (Å²) >= 11 is 0. The van der Waals surface area contributed by atoms with Crippen LogP contribution >= 0.6 is 0 Å². The van der Waals surface area contributed by atoms with Gasteiger partial charge in [0.15, 0.2) is 5.78 Å². The van der Waals surface area contributed by atoms with Crippen molar-refractivity contribution in [3.63, 3.8) is 0 Å². The Morgan fingerprint density at radius 2 is 1.56 bits per heavy atom. The molecule has 0 aliphatic heterocycles. The molecule has 0 aromatic heterocycles. The Labute approximate surface area is 93.8 Å². The fourth-order valence-corrected chi connectivity index (χ4v) is 3.14. The van der Waals surface area contributed by atoms with Crippen molar-refractivity contribution in [1.82, 2.24) is 0 Å². The van der Waals surface area contributed by atoms with Gasteiger partial charge >= 0.3 is 0 Å². The zero-order valence-corrected chi connectivity index (χ0v) is 8.73. The van der Waals surface area contributed by atoms with Crippen molar-refractivity contribution < 1.29 is 4.79 Å². The fourth-order valence-electron chi connectivity index (χ4n) is 3.14. The number of ketones is 1. The van der Waals surface area contributed by atoms with E-state index in [2.05, 4.69) is 48.6 Å². The van der Waals surface area contributed by atoms with Crippen LogP contribution in [0.25, 0.3) is 0 Å². The molecule has 0 amide bonds. The summed E-state index contributed by atoms with van der Waals surface area (Å²) in [6.45, 7) is 0. The van der Waals surface area contributed by atoms with Crippen molar-refractivity contribution in [2.45, 2.75) is 11.8 Å². The van der Waals surface area contributed by atoms with Gasteiger partial charge in [-0.2, -0.15) is 0 Å². The third-order valence-corrected chi connectivity index (χ3v) is 3.92. The van der Waals surface area contributed by atoms with Gasteiger partial charge in [-0.1, -0.05) is 48.6 Å². The van der Waals surface area contributed by atoms with E-state index in [-0.39, 0.29) is 0 Å². The van der Waals surface area contributed by atoms with E-state index in [4.69, 9.17) is 0 Å². The zero-order valence-electron chi connectivity index (χ0n) is 8.73. The lowest BCUT2D eigenvalue weighted by Gasteiger charge is -2.27. The average molecular weight is 206 g/mol. The Kier molecular flexibility index (Phi) is 1.26. The van der Waals surface area contributed by atoms with Crippen molar-refractivity contribution in [2.24, 2.45) is 0 Å². The molecule has 0 atom stereocenters. The van der Waals surface area contributed by atoms with Crippen LogP contribution in [0, 0.1) is 0 Å². The molecule has 4 aliphatic rings. The summed E-state index contributed by atoms with van der Waals surface area (Å²) < 4.78 is 0. The Morgan fingerprint density at radius 3 is 2.12 bits per heavy atom. The van der Waals surface area contributed by atoms with Crippen molar-refractivity contribution >= 4 is 5.78 Å². The van der Waals surface area contributed by atoms with E-state index in [1.165, 1.54) is 0 Å². The minimum absolute atomic E-state index is 0.313. The van der Waals surface area contributed by atoms with E-state index in [0.717, 1.165) is 22.3 Å². The van der Waals surface area contributed by atoms with E-state index >= 15 is 0 Å². The molecule has 0 fully saturated rings.